The zero-order valence-corrected chi connectivity index (χ0v) is 11.7. The van der Waals surface area contributed by atoms with Gasteiger partial charge in [0.2, 0.25) is 5.95 Å². The molecule has 0 radical (unpaired) electrons. The number of fused-ring (bicyclic) bond motifs is 1. The van der Waals surface area contributed by atoms with Gasteiger partial charge in [-0.05, 0) is 6.42 Å². The Morgan fingerprint density at radius 2 is 2.38 bits per heavy atom. The SMILES string of the molecule is CCC1OC(n2cnc3c(=O)[nH]c(N)nc32)C(O)C1OC. The van der Waals surface area contributed by atoms with Crippen LogP contribution >= 0.6 is 0 Å². The molecule has 0 bridgehead atoms. The molecule has 2 aromatic rings. The fourth-order valence-corrected chi connectivity index (χ4v) is 2.70. The summed E-state index contributed by atoms with van der Waals surface area (Å²) in [6, 6.07) is 0. The van der Waals surface area contributed by atoms with Crippen LogP contribution in [0.4, 0.5) is 5.95 Å². The predicted octanol–water partition coefficient (Wildman–Crippen LogP) is -0.615. The number of H-pyrrole nitrogens is 1. The van der Waals surface area contributed by atoms with Crippen molar-refractivity contribution in [3.63, 3.8) is 0 Å². The molecule has 1 aliphatic rings. The number of hydrogen-bond donors (Lipinski definition) is 3. The fraction of sp³-hybridized carbons (Fsp3) is 0.583. The molecule has 1 aliphatic heterocycles. The zero-order chi connectivity index (χ0) is 15.1. The van der Waals surface area contributed by atoms with Crippen molar-refractivity contribution in [2.24, 2.45) is 0 Å². The lowest BCUT2D eigenvalue weighted by atomic mass is 10.1. The minimum absolute atomic E-state index is 0.0166. The molecule has 9 heteroatoms. The van der Waals surface area contributed by atoms with Crippen LogP contribution in [-0.4, -0.2) is 50.0 Å². The highest BCUT2D eigenvalue weighted by Gasteiger charge is 2.44. The minimum Gasteiger partial charge on any atom is -0.386 e. The van der Waals surface area contributed by atoms with Crippen LogP contribution in [0.15, 0.2) is 11.1 Å². The van der Waals surface area contributed by atoms with Gasteiger partial charge in [-0.3, -0.25) is 14.3 Å². The van der Waals surface area contributed by atoms with E-state index in [0.717, 1.165) is 0 Å². The second-order valence-corrected chi connectivity index (χ2v) is 4.94. The van der Waals surface area contributed by atoms with Gasteiger partial charge in [0, 0.05) is 7.11 Å². The van der Waals surface area contributed by atoms with Crippen molar-refractivity contribution < 1.29 is 14.6 Å². The number of aromatic nitrogens is 4. The van der Waals surface area contributed by atoms with Crippen molar-refractivity contribution >= 4 is 17.1 Å². The van der Waals surface area contributed by atoms with Gasteiger partial charge in [0.05, 0.1) is 12.4 Å². The molecule has 3 heterocycles. The topological polar surface area (TPSA) is 128 Å². The highest BCUT2D eigenvalue weighted by atomic mass is 16.6. The van der Waals surface area contributed by atoms with E-state index in [1.807, 2.05) is 6.92 Å². The fourth-order valence-electron chi connectivity index (χ4n) is 2.70. The molecule has 3 rings (SSSR count). The van der Waals surface area contributed by atoms with Crippen molar-refractivity contribution in [3.8, 4) is 0 Å². The molecule has 1 fully saturated rings. The molecular weight excluding hydrogens is 278 g/mol. The number of aliphatic hydroxyl groups is 1. The number of nitrogens with zero attached hydrogens (tertiary/aromatic N) is 3. The monoisotopic (exact) mass is 295 g/mol. The summed E-state index contributed by atoms with van der Waals surface area (Å²) in [5.41, 5.74) is 5.54. The Bertz CT molecular complexity index is 711. The van der Waals surface area contributed by atoms with Crippen LogP contribution in [0, 0.1) is 0 Å². The number of rotatable bonds is 3. The molecule has 4 atom stereocenters. The lowest BCUT2D eigenvalue weighted by Gasteiger charge is -2.17. The number of ether oxygens (including phenoxy) is 2. The van der Waals surface area contributed by atoms with E-state index in [0.29, 0.717) is 6.42 Å². The third-order valence-corrected chi connectivity index (χ3v) is 3.71. The zero-order valence-electron chi connectivity index (χ0n) is 11.7. The van der Waals surface area contributed by atoms with Gasteiger partial charge in [-0.15, -0.1) is 0 Å². The Labute approximate surface area is 119 Å². The molecule has 0 amide bonds. The first-order valence-electron chi connectivity index (χ1n) is 6.65. The lowest BCUT2D eigenvalue weighted by molar-refractivity contribution is -0.0356. The van der Waals surface area contributed by atoms with Crippen LogP contribution in [0.5, 0.6) is 0 Å². The summed E-state index contributed by atoms with van der Waals surface area (Å²) in [5, 5.41) is 10.4. The average molecular weight is 295 g/mol. The van der Waals surface area contributed by atoms with Gasteiger partial charge in [-0.25, -0.2) is 4.98 Å². The van der Waals surface area contributed by atoms with Gasteiger partial charge >= 0.3 is 0 Å². The highest BCUT2D eigenvalue weighted by molar-refractivity contribution is 5.70. The maximum Gasteiger partial charge on any atom is 0.280 e. The molecular formula is C12H17N5O4. The number of aromatic amines is 1. The molecule has 21 heavy (non-hydrogen) atoms. The first kappa shape index (κ1) is 14.0. The molecule has 114 valence electrons. The number of imidazole rings is 1. The number of hydrogen-bond acceptors (Lipinski definition) is 7. The number of nitrogens with two attached hydrogens (primary N) is 1. The van der Waals surface area contributed by atoms with Crippen molar-refractivity contribution in [1.29, 1.82) is 0 Å². The van der Waals surface area contributed by atoms with E-state index >= 15 is 0 Å². The lowest BCUT2D eigenvalue weighted by Crippen LogP contribution is -2.33. The van der Waals surface area contributed by atoms with E-state index < -0.39 is 24.0 Å². The van der Waals surface area contributed by atoms with Crippen LogP contribution < -0.4 is 11.3 Å². The van der Waals surface area contributed by atoms with E-state index in [-0.39, 0.29) is 23.2 Å². The third-order valence-electron chi connectivity index (χ3n) is 3.71. The second kappa shape index (κ2) is 5.10. The molecule has 1 saturated heterocycles. The van der Waals surface area contributed by atoms with E-state index in [1.54, 1.807) is 0 Å². The minimum atomic E-state index is -0.889. The number of methoxy groups -OCH3 is 1. The first-order valence-corrected chi connectivity index (χ1v) is 6.65. The van der Waals surface area contributed by atoms with Crippen molar-refractivity contribution in [2.75, 3.05) is 12.8 Å². The van der Waals surface area contributed by atoms with Crippen LogP contribution in [0.1, 0.15) is 19.6 Å². The Morgan fingerprint density at radius 3 is 3.00 bits per heavy atom. The highest BCUT2D eigenvalue weighted by Crippen LogP contribution is 2.33. The van der Waals surface area contributed by atoms with E-state index in [1.165, 1.54) is 18.0 Å². The Kier molecular flexibility index (Phi) is 3.40. The predicted molar refractivity (Wildman–Crippen MR) is 73.6 cm³/mol. The molecule has 0 saturated carbocycles. The van der Waals surface area contributed by atoms with Gasteiger partial charge in [0.25, 0.3) is 5.56 Å². The van der Waals surface area contributed by atoms with Crippen LogP contribution in [0.2, 0.25) is 0 Å². The van der Waals surface area contributed by atoms with Gasteiger partial charge in [-0.1, -0.05) is 6.92 Å². The van der Waals surface area contributed by atoms with Crippen LogP contribution in [-0.2, 0) is 9.47 Å². The maximum atomic E-state index is 11.8. The van der Waals surface area contributed by atoms with Gasteiger partial charge in [0.15, 0.2) is 17.4 Å². The smallest absolute Gasteiger partial charge is 0.280 e. The normalized spacial score (nSPS) is 29.3. The van der Waals surface area contributed by atoms with Crippen molar-refractivity contribution in [3.05, 3.63) is 16.7 Å². The van der Waals surface area contributed by atoms with Crippen LogP contribution in [0.25, 0.3) is 11.2 Å². The second-order valence-electron chi connectivity index (χ2n) is 4.94. The van der Waals surface area contributed by atoms with Gasteiger partial charge in [-0.2, -0.15) is 4.98 Å². The molecule has 2 aromatic heterocycles. The van der Waals surface area contributed by atoms with Gasteiger partial charge < -0.3 is 20.3 Å². The van der Waals surface area contributed by atoms with E-state index in [2.05, 4.69) is 15.0 Å². The summed E-state index contributed by atoms with van der Waals surface area (Å²) in [6.45, 7) is 1.94. The first-order chi connectivity index (χ1) is 10.1. The number of anilines is 1. The maximum absolute atomic E-state index is 11.8. The number of nitrogen functional groups attached to an aromatic ring is 1. The summed E-state index contributed by atoms with van der Waals surface area (Å²) in [4.78, 5) is 22.2. The quantitative estimate of drug-likeness (QED) is 0.688. The average Bonchev–Trinajstić information content (AvgIpc) is 2.99. The van der Waals surface area contributed by atoms with Gasteiger partial charge in [0.1, 0.15) is 12.2 Å². The Balaban J connectivity index is 2.07. The Morgan fingerprint density at radius 1 is 1.62 bits per heavy atom. The molecule has 4 unspecified atom stereocenters. The van der Waals surface area contributed by atoms with Crippen LogP contribution in [0.3, 0.4) is 0 Å². The third kappa shape index (κ3) is 2.09. The standard InChI is InChI=1S/C12H17N5O4/c1-3-5-8(20-2)7(18)11(21-5)17-4-14-6-9(17)15-12(13)16-10(6)19/h4-5,7-8,11,18H,3H2,1-2H3,(H3,13,15,16,19). The van der Waals surface area contributed by atoms with Crippen molar-refractivity contribution in [1.82, 2.24) is 19.5 Å². The summed E-state index contributed by atoms with van der Waals surface area (Å²) < 4.78 is 12.6. The van der Waals surface area contributed by atoms with E-state index in [4.69, 9.17) is 15.2 Å². The number of aliphatic hydroxyl groups excluding tert-OH is 1. The summed E-state index contributed by atoms with van der Waals surface area (Å²) >= 11 is 0. The molecule has 0 aliphatic carbocycles. The largest absolute Gasteiger partial charge is 0.386 e. The Hall–Kier alpha value is -1.97. The van der Waals surface area contributed by atoms with E-state index in [9.17, 15) is 9.90 Å². The molecule has 0 spiro atoms. The number of nitrogens with one attached hydrogen (secondary N) is 1. The summed E-state index contributed by atoms with van der Waals surface area (Å²) in [5.74, 6) is -0.0166. The summed E-state index contributed by atoms with van der Waals surface area (Å²) in [7, 11) is 1.52. The molecule has 0 aromatic carbocycles. The van der Waals surface area contributed by atoms with Crippen molar-refractivity contribution in [2.45, 2.75) is 37.9 Å². The summed E-state index contributed by atoms with van der Waals surface area (Å²) in [6.07, 6.45) is -0.207. The molecule has 9 nitrogen and oxygen atoms in total. The molecule has 4 N–H and O–H groups in total.